The van der Waals surface area contributed by atoms with Crippen LogP contribution in [0.3, 0.4) is 0 Å². The van der Waals surface area contributed by atoms with Gasteiger partial charge in [0.05, 0.1) is 5.60 Å². The summed E-state index contributed by atoms with van der Waals surface area (Å²) < 4.78 is 27.3. The first-order valence-corrected chi connectivity index (χ1v) is 7.71. The summed E-state index contributed by atoms with van der Waals surface area (Å²) in [6.07, 6.45) is 5.87. The second-order valence-corrected chi connectivity index (χ2v) is 7.19. The van der Waals surface area contributed by atoms with Crippen LogP contribution in [0.15, 0.2) is 18.2 Å². The molecule has 4 saturated carbocycles. The van der Waals surface area contributed by atoms with Gasteiger partial charge in [-0.15, -0.1) is 0 Å². The van der Waals surface area contributed by atoms with E-state index < -0.39 is 17.2 Å². The van der Waals surface area contributed by atoms with Gasteiger partial charge in [-0.2, -0.15) is 0 Å². The summed E-state index contributed by atoms with van der Waals surface area (Å²) in [5.41, 5.74) is -0.484. The Morgan fingerprint density at radius 3 is 2.20 bits per heavy atom. The van der Waals surface area contributed by atoms with Crippen molar-refractivity contribution < 1.29 is 13.9 Å². The number of halogens is 2. The molecule has 0 radical (unpaired) electrons. The molecule has 0 aromatic heterocycles. The molecular formula is C17H20F2O. The SMILES string of the molecule is OC1(Cc2cccc(F)c2F)C2CC3CC(C2)CC1C3. The lowest BCUT2D eigenvalue weighted by molar-refractivity contribution is -0.172. The molecule has 4 aliphatic rings. The van der Waals surface area contributed by atoms with E-state index in [4.69, 9.17) is 0 Å². The van der Waals surface area contributed by atoms with Crippen molar-refractivity contribution in [1.82, 2.24) is 0 Å². The molecule has 108 valence electrons. The van der Waals surface area contributed by atoms with Crippen LogP contribution >= 0.6 is 0 Å². The van der Waals surface area contributed by atoms with Crippen molar-refractivity contribution in [2.24, 2.45) is 23.7 Å². The normalized spacial score (nSPS) is 42.1. The highest BCUT2D eigenvalue weighted by Gasteiger charge is 2.56. The third kappa shape index (κ3) is 1.75. The van der Waals surface area contributed by atoms with Gasteiger partial charge in [0.1, 0.15) is 0 Å². The second kappa shape index (κ2) is 4.27. The Labute approximate surface area is 118 Å². The van der Waals surface area contributed by atoms with Gasteiger partial charge < -0.3 is 5.11 Å². The van der Waals surface area contributed by atoms with E-state index in [1.807, 2.05) is 0 Å². The van der Waals surface area contributed by atoms with Crippen molar-refractivity contribution in [2.75, 3.05) is 0 Å². The van der Waals surface area contributed by atoms with Gasteiger partial charge in [0.25, 0.3) is 0 Å². The third-order valence-electron chi connectivity index (χ3n) is 6.06. The minimum Gasteiger partial charge on any atom is -0.389 e. The van der Waals surface area contributed by atoms with Gasteiger partial charge in [-0.1, -0.05) is 12.1 Å². The molecular weight excluding hydrogens is 258 g/mol. The number of hydrogen-bond acceptors (Lipinski definition) is 1. The van der Waals surface area contributed by atoms with E-state index in [1.54, 1.807) is 6.07 Å². The van der Waals surface area contributed by atoms with Gasteiger partial charge in [0.15, 0.2) is 11.6 Å². The van der Waals surface area contributed by atoms with Crippen molar-refractivity contribution in [1.29, 1.82) is 0 Å². The summed E-state index contributed by atoms with van der Waals surface area (Å²) in [6, 6.07) is 4.29. The third-order valence-corrected chi connectivity index (χ3v) is 6.06. The Hall–Kier alpha value is -0.960. The van der Waals surface area contributed by atoms with Crippen molar-refractivity contribution >= 4 is 0 Å². The molecule has 20 heavy (non-hydrogen) atoms. The fourth-order valence-electron chi connectivity index (χ4n) is 5.28. The van der Waals surface area contributed by atoms with Gasteiger partial charge in [-0.05, 0) is 67.4 Å². The van der Waals surface area contributed by atoms with Gasteiger partial charge in [0, 0.05) is 6.42 Å². The molecule has 0 amide bonds. The number of benzene rings is 1. The maximum absolute atomic E-state index is 13.9. The van der Waals surface area contributed by atoms with E-state index in [0.717, 1.165) is 43.6 Å². The average Bonchev–Trinajstić information content (AvgIpc) is 2.41. The second-order valence-electron chi connectivity index (χ2n) is 7.19. The maximum atomic E-state index is 13.9. The van der Waals surface area contributed by atoms with Gasteiger partial charge in [0.2, 0.25) is 0 Å². The zero-order chi connectivity index (χ0) is 13.9. The van der Waals surface area contributed by atoms with E-state index >= 15 is 0 Å². The summed E-state index contributed by atoms with van der Waals surface area (Å²) in [4.78, 5) is 0. The van der Waals surface area contributed by atoms with E-state index in [0.29, 0.717) is 5.56 Å². The number of rotatable bonds is 2. The van der Waals surface area contributed by atoms with Gasteiger partial charge in [-0.3, -0.25) is 0 Å². The Kier molecular flexibility index (Phi) is 2.72. The molecule has 1 aromatic rings. The molecule has 4 bridgehead atoms. The van der Waals surface area contributed by atoms with Crippen LogP contribution in [-0.2, 0) is 6.42 Å². The molecule has 1 aromatic carbocycles. The summed E-state index contributed by atoms with van der Waals surface area (Å²) in [5.74, 6) is 0.484. The van der Waals surface area contributed by atoms with Crippen molar-refractivity contribution in [3.05, 3.63) is 35.4 Å². The van der Waals surface area contributed by atoms with Crippen LogP contribution in [0, 0.1) is 35.3 Å². The standard InChI is InChI=1S/C17H20F2O/c18-15-3-1-2-12(16(15)19)9-17(20)13-5-10-4-11(7-13)8-14(17)6-10/h1-3,10-11,13-14,20H,4-9H2. The average molecular weight is 278 g/mol. The van der Waals surface area contributed by atoms with Crippen LogP contribution in [0.5, 0.6) is 0 Å². The molecule has 5 rings (SSSR count). The van der Waals surface area contributed by atoms with E-state index in [9.17, 15) is 13.9 Å². The van der Waals surface area contributed by atoms with Crippen LogP contribution in [0.25, 0.3) is 0 Å². The Morgan fingerprint density at radius 1 is 1.00 bits per heavy atom. The Morgan fingerprint density at radius 2 is 1.60 bits per heavy atom. The van der Waals surface area contributed by atoms with Gasteiger partial charge >= 0.3 is 0 Å². The van der Waals surface area contributed by atoms with Crippen LogP contribution < -0.4 is 0 Å². The monoisotopic (exact) mass is 278 g/mol. The van der Waals surface area contributed by atoms with Crippen LogP contribution in [0.2, 0.25) is 0 Å². The molecule has 0 unspecified atom stereocenters. The molecule has 0 heterocycles. The quantitative estimate of drug-likeness (QED) is 0.874. The van der Waals surface area contributed by atoms with Crippen molar-refractivity contribution in [2.45, 2.75) is 44.1 Å². The summed E-state index contributed by atoms with van der Waals surface area (Å²) in [7, 11) is 0. The fourth-order valence-corrected chi connectivity index (χ4v) is 5.28. The summed E-state index contributed by atoms with van der Waals surface area (Å²) in [6.45, 7) is 0. The zero-order valence-corrected chi connectivity index (χ0v) is 11.5. The van der Waals surface area contributed by atoms with Crippen molar-refractivity contribution in [3.63, 3.8) is 0 Å². The van der Waals surface area contributed by atoms with E-state index in [2.05, 4.69) is 0 Å². The first-order valence-electron chi connectivity index (χ1n) is 7.71. The molecule has 1 nitrogen and oxygen atoms in total. The largest absolute Gasteiger partial charge is 0.389 e. The molecule has 4 fully saturated rings. The molecule has 0 aliphatic heterocycles. The molecule has 4 aliphatic carbocycles. The highest BCUT2D eigenvalue weighted by Crippen LogP contribution is 2.59. The fraction of sp³-hybridized carbons (Fsp3) is 0.647. The molecule has 1 N–H and O–H groups in total. The highest BCUT2D eigenvalue weighted by molar-refractivity contribution is 5.23. The summed E-state index contributed by atoms with van der Waals surface area (Å²) >= 11 is 0. The number of hydrogen-bond donors (Lipinski definition) is 1. The molecule has 0 atom stereocenters. The summed E-state index contributed by atoms with van der Waals surface area (Å²) in [5, 5.41) is 11.2. The van der Waals surface area contributed by atoms with Crippen LogP contribution in [0.4, 0.5) is 8.78 Å². The first kappa shape index (κ1) is 12.8. The zero-order valence-electron chi connectivity index (χ0n) is 11.5. The van der Waals surface area contributed by atoms with Gasteiger partial charge in [-0.25, -0.2) is 8.78 Å². The lowest BCUT2D eigenvalue weighted by Gasteiger charge is -2.59. The van der Waals surface area contributed by atoms with E-state index in [1.165, 1.54) is 12.5 Å². The number of aliphatic hydroxyl groups is 1. The minimum atomic E-state index is -0.817. The van der Waals surface area contributed by atoms with Crippen molar-refractivity contribution in [3.8, 4) is 0 Å². The van der Waals surface area contributed by atoms with Crippen LogP contribution in [0.1, 0.15) is 37.7 Å². The maximum Gasteiger partial charge on any atom is 0.162 e. The lowest BCUT2D eigenvalue weighted by atomic mass is 9.49. The topological polar surface area (TPSA) is 20.2 Å². The molecule has 0 spiro atoms. The van der Waals surface area contributed by atoms with E-state index in [-0.39, 0.29) is 18.3 Å². The Bertz CT molecular complexity index is 512. The lowest BCUT2D eigenvalue weighted by Crippen LogP contribution is -2.58. The predicted octanol–water partition coefficient (Wildman–Crippen LogP) is 3.69. The predicted molar refractivity (Wildman–Crippen MR) is 72.1 cm³/mol. The Balaban J connectivity index is 1.66. The smallest absolute Gasteiger partial charge is 0.162 e. The highest BCUT2D eigenvalue weighted by atomic mass is 19.2. The molecule has 0 saturated heterocycles. The molecule has 3 heteroatoms. The minimum absolute atomic E-state index is 0.269. The van der Waals surface area contributed by atoms with Crippen LogP contribution in [-0.4, -0.2) is 10.7 Å². The first-order chi connectivity index (χ1) is 9.56.